The molecule has 140 valence electrons. The first-order chi connectivity index (χ1) is 12.9. The van der Waals surface area contributed by atoms with Crippen molar-refractivity contribution in [2.75, 3.05) is 0 Å². The largest absolute Gasteiger partial charge is 0.508 e. The van der Waals surface area contributed by atoms with Gasteiger partial charge in [-0.2, -0.15) is 0 Å². The van der Waals surface area contributed by atoms with Crippen molar-refractivity contribution in [3.8, 4) is 11.5 Å². The number of hydrogen-bond donors (Lipinski definition) is 3. The number of ether oxygens (including phenoxy) is 2. The van der Waals surface area contributed by atoms with Crippen molar-refractivity contribution in [1.82, 2.24) is 0 Å². The van der Waals surface area contributed by atoms with Gasteiger partial charge in [0.1, 0.15) is 17.1 Å². The molecule has 1 aliphatic rings. The molecule has 3 unspecified atom stereocenters. The fourth-order valence-corrected chi connectivity index (χ4v) is 3.22. The molecule has 27 heavy (non-hydrogen) atoms. The molecule has 1 fully saturated rings. The van der Waals surface area contributed by atoms with E-state index in [-0.39, 0.29) is 29.6 Å². The van der Waals surface area contributed by atoms with Crippen molar-refractivity contribution in [3.63, 3.8) is 0 Å². The van der Waals surface area contributed by atoms with Crippen LogP contribution in [0.15, 0.2) is 45.6 Å². The van der Waals surface area contributed by atoms with Gasteiger partial charge < -0.3 is 29.2 Å². The van der Waals surface area contributed by atoms with Crippen LogP contribution in [0.2, 0.25) is 0 Å². The molecule has 0 bridgehead atoms. The van der Waals surface area contributed by atoms with E-state index in [1.54, 1.807) is 18.2 Å². The molecule has 3 N–H and O–H groups in total. The highest BCUT2D eigenvalue weighted by Gasteiger charge is 2.34. The summed E-state index contributed by atoms with van der Waals surface area (Å²) < 4.78 is 16.3. The quantitative estimate of drug-likeness (QED) is 0.471. The number of rotatable bonds is 3. The molecule has 3 atom stereocenters. The van der Waals surface area contributed by atoms with Gasteiger partial charge in [-0.25, -0.2) is 9.59 Å². The second kappa shape index (κ2) is 6.57. The first-order valence-corrected chi connectivity index (χ1v) is 8.33. The monoisotopic (exact) mass is 372 g/mol. The van der Waals surface area contributed by atoms with Crippen molar-refractivity contribution in [2.45, 2.75) is 31.3 Å². The maximum Gasteiger partial charge on any atom is 0.344 e. The SMILES string of the molecule is O=C(O)C1CC(O)CC(Oc2ccc3c(c2)oc(=O)c2cc(O)ccc23)O1. The van der Waals surface area contributed by atoms with Crippen molar-refractivity contribution < 1.29 is 34.0 Å². The van der Waals surface area contributed by atoms with Crippen molar-refractivity contribution in [2.24, 2.45) is 0 Å². The third-order valence-corrected chi connectivity index (χ3v) is 4.48. The van der Waals surface area contributed by atoms with E-state index in [0.717, 1.165) is 0 Å². The summed E-state index contributed by atoms with van der Waals surface area (Å²) in [6.45, 7) is 0. The van der Waals surface area contributed by atoms with Crippen LogP contribution in [0.5, 0.6) is 11.5 Å². The number of phenolic OH excluding ortho intramolecular Hbond substituents is 1. The number of carboxylic acid groups (broad SMARTS) is 1. The molecule has 2 heterocycles. The lowest BCUT2D eigenvalue weighted by atomic mass is 10.1. The minimum absolute atomic E-state index is 0.000618. The third kappa shape index (κ3) is 3.32. The highest BCUT2D eigenvalue weighted by Crippen LogP contribution is 2.30. The Labute approximate surface area is 152 Å². The normalized spacial score (nSPS) is 22.8. The molecule has 2 aromatic carbocycles. The van der Waals surface area contributed by atoms with Gasteiger partial charge in [0.2, 0.25) is 6.29 Å². The van der Waals surface area contributed by atoms with Crippen LogP contribution in [0, 0.1) is 0 Å². The molecule has 0 radical (unpaired) electrons. The smallest absolute Gasteiger partial charge is 0.344 e. The van der Waals surface area contributed by atoms with E-state index >= 15 is 0 Å². The summed E-state index contributed by atoms with van der Waals surface area (Å²) in [4.78, 5) is 23.3. The third-order valence-electron chi connectivity index (χ3n) is 4.48. The van der Waals surface area contributed by atoms with Gasteiger partial charge in [-0.15, -0.1) is 0 Å². The zero-order chi connectivity index (χ0) is 19.1. The van der Waals surface area contributed by atoms with Gasteiger partial charge in [0.25, 0.3) is 0 Å². The molecule has 0 spiro atoms. The molecule has 1 aromatic heterocycles. The molecule has 4 rings (SSSR count). The lowest BCUT2D eigenvalue weighted by Gasteiger charge is -2.31. The number of benzene rings is 2. The van der Waals surface area contributed by atoms with E-state index in [9.17, 15) is 19.8 Å². The number of aliphatic hydroxyl groups excluding tert-OH is 1. The van der Waals surface area contributed by atoms with Crippen LogP contribution >= 0.6 is 0 Å². The average Bonchev–Trinajstić information content (AvgIpc) is 2.61. The molecule has 1 aliphatic heterocycles. The zero-order valence-electron chi connectivity index (χ0n) is 14.0. The van der Waals surface area contributed by atoms with Gasteiger partial charge >= 0.3 is 11.6 Å². The predicted octanol–water partition coefficient (Wildman–Crippen LogP) is 1.98. The van der Waals surface area contributed by atoms with E-state index in [2.05, 4.69) is 0 Å². The van der Waals surface area contributed by atoms with E-state index in [4.69, 9.17) is 19.0 Å². The molecular formula is C19H16O8. The fourth-order valence-electron chi connectivity index (χ4n) is 3.22. The van der Waals surface area contributed by atoms with Gasteiger partial charge in [-0.1, -0.05) is 0 Å². The van der Waals surface area contributed by atoms with Gasteiger partial charge in [0, 0.05) is 29.7 Å². The minimum Gasteiger partial charge on any atom is -0.508 e. The Morgan fingerprint density at radius 1 is 1.07 bits per heavy atom. The fraction of sp³-hybridized carbons (Fsp3) is 0.263. The van der Waals surface area contributed by atoms with E-state index in [1.807, 2.05) is 0 Å². The number of carbonyl (C=O) groups is 1. The predicted molar refractivity (Wildman–Crippen MR) is 93.8 cm³/mol. The van der Waals surface area contributed by atoms with Crippen LogP contribution in [0.4, 0.5) is 0 Å². The van der Waals surface area contributed by atoms with Gasteiger partial charge in [0.05, 0.1) is 11.5 Å². The lowest BCUT2D eigenvalue weighted by Crippen LogP contribution is -2.42. The molecule has 0 amide bonds. The van der Waals surface area contributed by atoms with Crippen molar-refractivity contribution in [3.05, 3.63) is 46.8 Å². The Balaban J connectivity index is 1.68. The molecular weight excluding hydrogens is 356 g/mol. The van der Waals surface area contributed by atoms with Gasteiger partial charge in [-0.05, 0) is 30.3 Å². The summed E-state index contributed by atoms with van der Waals surface area (Å²) in [5.41, 5.74) is -0.317. The number of hydrogen-bond acceptors (Lipinski definition) is 7. The second-order valence-corrected chi connectivity index (χ2v) is 6.41. The summed E-state index contributed by atoms with van der Waals surface area (Å²) in [5, 5.41) is 30.0. The lowest BCUT2D eigenvalue weighted by molar-refractivity contribution is -0.195. The van der Waals surface area contributed by atoms with Crippen LogP contribution in [-0.2, 0) is 9.53 Å². The first-order valence-electron chi connectivity index (χ1n) is 8.33. The van der Waals surface area contributed by atoms with Crippen molar-refractivity contribution in [1.29, 1.82) is 0 Å². The molecule has 8 nitrogen and oxygen atoms in total. The molecule has 0 aliphatic carbocycles. The maximum atomic E-state index is 12.2. The van der Waals surface area contributed by atoms with Gasteiger partial charge in [-0.3, -0.25) is 0 Å². The highest BCUT2D eigenvalue weighted by molar-refractivity contribution is 6.04. The van der Waals surface area contributed by atoms with Gasteiger partial charge in [0.15, 0.2) is 6.10 Å². The van der Waals surface area contributed by atoms with Crippen LogP contribution in [-0.4, -0.2) is 39.8 Å². The van der Waals surface area contributed by atoms with E-state index in [1.165, 1.54) is 18.2 Å². The Bertz CT molecular complexity index is 1090. The topological polar surface area (TPSA) is 126 Å². The van der Waals surface area contributed by atoms with Crippen LogP contribution < -0.4 is 10.4 Å². The molecule has 1 saturated heterocycles. The van der Waals surface area contributed by atoms with Crippen LogP contribution in [0.25, 0.3) is 21.7 Å². The number of aliphatic hydroxyl groups is 1. The Morgan fingerprint density at radius 3 is 2.63 bits per heavy atom. The Hall–Kier alpha value is -3.10. The first kappa shape index (κ1) is 17.3. The standard InChI is InChI=1S/C19H16O8/c20-9-1-3-12-13-4-2-11(8-15(13)27-19(24)14(12)5-9)25-17-7-10(21)6-16(26-17)18(22)23/h1-5,8,10,16-17,20-21H,6-7H2,(H,22,23). The number of carboxylic acids is 1. The van der Waals surface area contributed by atoms with E-state index in [0.29, 0.717) is 16.5 Å². The Morgan fingerprint density at radius 2 is 1.85 bits per heavy atom. The molecule has 8 heteroatoms. The zero-order valence-corrected chi connectivity index (χ0v) is 14.0. The Kier molecular flexibility index (Phi) is 4.21. The summed E-state index contributed by atoms with van der Waals surface area (Å²) >= 11 is 0. The number of phenols is 1. The average molecular weight is 372 g/mol. The summed E-state index contributed by atoms with van der Waals surface area (Å²) in [7, 11) is 0. The summed E-state index contributed by atoms with van der Waals surface area (Å²) in [6, 6.07) is 9.28. The molecule has 0 saturated carbocycles. The van der Waals surface area contributed by atoms with Crippen LogP contribution in [0.1, 0.15) is 12.8 Å². The number of fused-ring (bicyclic) bond motifs is 3. The van der Waals surface area contributed by atoms with E-state index < -0.39 is 30.1 Å². The van der Waals surface area contributed by atoms with Crippen molar-refractivity contribution >= 4 is 27.7 Å². The highest BCUT2D eigenvalue weighted by atomic mass is 16.7. The number of aromatic hydroxyl groups is 1. The number of aliphatic carboxylic acids is 1. The summed E-state index contributed by atoms with van der Waals surface area (Å²) in [6.07, 6.45) is -2.80. The summed E-state index contributed by atoms with van der Waals surface area (Å²) in [5.74, 6) is -0.885. The molecule has 3 aromatic rings. The second-order valence-electron chi connectivity index (χ2n) is 6.41. The maximum absolute atomic E-state index is 12.2. The van der Waals surface area contributed by atoms with Crippen LogP contribution in [0.3, 0.4) is 0 Å². The minimum atomic E-state index is -1.17.